The zero-order chi connectivity index (χ0) is 24.2. The highest BCUT2D eigenvalue weighted by atomic mass is 35.5. The Morgan fingerprint density at radius 1 is 1.18 bits per heavy atom. The third-order valence-electron chi connectivity index (χ3n) is 5.57. The van der Waals surface area contributed by atoms with Gasteiger partial charge in [-0.2, -0.15) is 0 Å². The Kier molecular flexibility index (Phi) is 6.98. The van der Waals surface area contributed by atoms with Crippen molar-refractivity contribution in [2.75, 3.05) is 18.5 Å². The zero-order valence-electron chi connectivity index (χ0n) is 19.0. The Bertz CT molecular complexity index is 1290. The molecule has 0 spiro atoms. The molecule has 3 aromatic rings. The van der Waals surface area contributed by atoms with Crippen molar-refractivity contribution < 1.29 is 14.3 Å². The Hall–Kier alpha value is -3.65. The molecule has 8 nitrogen and oxygen atoms in total. The molecule has 176 valence electrons. The van der Waals surface area contributed by atoms with E-state index in [1.165, 1.54) is 9.47 Å². The zero-order valence-corrected chi connectivity index (χ0v) is 19.8. The van der Waals surface area contributed by atoms with Crippen LogP contribution in [0.4, 0.5) is 10.5 Å². The fraction of sp³-hybridized carbons (Fsp3) is 0.280. The van der Waals surface area contributed by atoms with Crippen LogP contribution in [-0.4, -0.2) is 39.6 Å². The molecule has 0 bridgehead atoms. The first-order valence-corrected chi connectivity index (χ1v) is 11.4. The number of benzene rings is 2. The van der Waals surface area contributed by atoms with E-state index in [1.54, 1.807) is 31.2 Å². The number of aromatic nitrogens is 2. The standard InChI is InChI=1S/C25H25ClN4O4/c1-3-34-25(33)29-12-11-20-21(14-29)28-23(17-9-7-16(2)8-10-17)30(24(20)32)15-22(31)27-19-6-4-5-18(26)13-19/h4-10,13H,3,11-12,14-15H2,1-2H3,(H,27,31). The summed E-state index contributed by atoms with van der Waals surface area (Å²) in [5.74, 6) is -0.000796. The van der Waals surface area contributed by atoms with E-state index in [-0.39, 0.29) is 31.2 Å². The molecule has 34 heavy (non-hydrogen) atoms. The molecule has 0 aliphatic carbocycles. The van der Waals surface area contributed by atoms with Crippen molar-refractivity contribution in [2.24, 2.45) is 0 Å². The molecule has 4 rings (SSSR count). The van der Waals surface area contributed by atoms with Crippen molar-refractivity contribution in [3.05, 3.63) is 80.7 Å². The minimum Gasteiger partial charge on any atom is -0.450 e. The highest BCUT2D eigenvalue weighted by molar-refractivity contribution is 6.30. The highest BCUT2D eigenvalue weighted by Gasteiger charge is 2.27. The van der Waals surface area contributed by atoms with E-state index < -0.39 is 6.09 Å². The smallest absolute Gasteiger partial charge is 0.410 e. The second-order valence-electron chi connectivity index (χ2n) is 8.05. The van der Waals surface area contributed by atoms with Gasteiger partial charge in [-0.15, -0.1) is 0 Å². The molecule has 2 aromatic carbocycles. The van der Waals surface area contributed by atoms with Crippen molar-refractivity contribution >= 4 is 29.3 Å². The minimum absolute atomic E-state index is 0.178. The Morgan fingerprint density at radius 3 is 2.65 bits per heavy atom. The number of hydrogen-bond acceptors (Lipinski definition) is 5. The van der Waals surface area contributed by atoms with Gasteiger partial charge in [-0.1, -0.05) is 47.5 Å². The quantitative estimate of drug-likeness (QED) is 0.595. The minimum atomic E-state index is -0.433. The number of rotatable bonds is 5. The maximum absolute atomic E-state index is 13.5. The fourth-order valence-electron chi connectivity index (χ4n) is 3.88. The van der Waals surface area contributed by atoms with Gasteiger partial charge in [0.05, 0.1) is 18.8 Å². The van der Waals surface area contributed by atoms with Crippen LogP contribution in [0, 0.1) is 6.92 Å². The van der Waals surface area contributed by atoms with Crippen molar-refractivity contribution in [2.45, 2.75) is 33.4 Å². The lowest BCUT2D eigenvalue weighted by Crippen LogP contribution is -2.42. The average molecular weight is 481 g/mol. The van der Waals surface area contributed by atoms with Crippen LogP contribution < -0.4 is 10.9 Å². The second kappa shape index (κ2) is 10.1. The largest absolute Gasteiger partial charge is 0.450 e. The number of anilines is 1. The Labute approximate surface area is 202 Å². The molecule has 0 radical (unpaired) electrons. The number of nitrogens with zero attached hydrogens (tertiary/aromatic N) is 3. The van der Waals surface area contributed by atoms with E-state index in [9.17, 15) is 14.4 Å². The topological polar surface area (TPSA) is 93.5 Å². The molecule has 0 saturated heterocycles. The predicted molar refractivity (Wildman–Crippen MR) is 130 cm³/mol. The number of nitrogens with one attached hydrogen (secondary N) is 1. The van der Waals surface area contributed by atoms with Crippen molar-refractivity contribution in [1.29, 1.82) is 0 Å². The van der Waals surface area contributed by atoms with E-state index in [0.29, 0.717) is 46.3 Å². The number of halogens is 1. The summed E-state index contributed by atoms with van der Waals surface area (Å²) >= 11 is 6.01. The van der Waals surface area contributed by atoms with Gasteiger partial charge in [0, 0.05) is 28.4 Å². The van der Waals surface area contributed by atoms with Crippen LogP contribution in [-0.2, 0) is 29.0 Å². The van der Waals surface area contributed by atoms with Gasteiger partial charge in [-0.3, -0.25) is 14.2 Å². The van der Waals surface area contributed by atoms with Crippen LogP contribution in [0.5, 0.6) is 0 Å². The van der Waals surface area contributed by atoms with Gasteiger partial charge in [-0.05, 0) is 38.5 Å². The van der Waals surface area contributed by atoms with Gasteiger partial charge in [0.25, 0.3) is 5.56 Å². The molecule has 1 aromatic heterocycles. The SMILES string of the molecule is CCOC(=O)N1CCc2c(nc(-c3ccc(C)cc3)n(CC(=O)Nc3cccc(Cl)c3)c2=O)C1. The monoisotopic (exact) mass is 480 g/mol. The third-order valence-corrected chi connectivity index (χ3v) is 5.80. The van der Waals surface area contributed by atoms with Crippen LogP contribution in [0.2, 0.25) is 5.02 Å². The molecule has 2 amide bonds. The maximum Gasteiger partial charge on any atom is 0.410 e. The molecule has 2 heterocycles. The van der Waals surface area contributed by atoms with Crippen molar-refractivity contribution in [3.63, 3.8) is 0 Å². The summed E-state index contributed by atoms with van der Waals surface area (Å²) in [6, 6.07) is 14.4. The number of hydrogen-bond donors (Lipinski definition) is 1. The highest BCUT2D eigenvalue weighted by Crippen LogP contribution is 2.22. The fourth-order valence-corrected chi connectivity index (χ4v) is 4.07. The van der Waals surface area contributed by atoms with Gasteiger partial charge in [-0.25, -0.2) is 9.78 Å². The van der Waals surface area contributed by atoms with Gasteiger partial charge in [0.15, 0.2) is 0 Å². The van der Waals surface area contributed by atoms with Crippen LogP contribution in [0.15, 0.2) is 53.3 Å². The first-order valence-electron chi connectivity index (χ1n) is 11.0. The normalized spacial score (nSPS) is 12.7. The molecular weight excluding hydrogens is 456 g/mol. The summed E-state index contributed by atoms with van der Waals surface area (Å²) in [4.78, 5) is 44.9. The second-order valence-corrected chi connectivity index (χ2v) is 8.48. The van der Waals surface area contributed by atoms with E-state index in [0.717, 1.165) is 5.56 Å². The van der Waals surface area contributed by atoms with Crippen molar-refractivity contribution in [1.82, 2.24) is 14.5 Å². The van der Waals surface area contributed by atoms with Crippen molar-refractivity contribution in [3.8, 4) is 11.4 Å². The maximum atomic E-state index is 13.5. The lowest BCUT2D eigenvalue weighted by molar-refractivity contribution is -0.116. The molecule has 1 aliphatic rings. The molecule has 0 fully saturated rings. The predicted octanol–water partition coefficient (Wildman–Crippen LogP) is 4.03. The Balaban J connectivity index is 1.71. The molecule has 1 N–H and O–H groups in total. The number of carbonyl (C=O) groups excluding carboxylic acids is 2. The summed E-state index contributed by atoms with van der Waals surface area (Å²) < 4.78 is 6.50. The summed E-state index contributed by atoms with van der Waals surface area (Å²) in [7, 11) is 0. The average Bonchev–Trinajstić information content (AvgIpc) is 2.81. The number of aryl methyl sites for hydroxylation is 1. The molecule has 9 heteroatoms. The summed E-state index contributed by atoms with van der Waals surface area (Å²) in [5, 5.41) is 3.28. The number of carbonyl (C=O) groups is 2. The van der Waals surface area contributed by atoms with E-state index >= 15 is 0 Å². The molecule has 1 aliphatic heterocycles. The molecule has 0 atom stereocenters. The van der Waals surface area contributed by atoms with Gasteiger partial charge in [0.1, 0.15) is 12.4 Å². The first-order chi connectivity index (χ1) is 16.4. The summed E-state index contributed by atoms with van der Waals surface area (Å²) in [6.45, 7) is 4.30. The summed E-state index contributed by atoms with van der Waals surface area (Å²) in [5.41, 5.74) is 3.04. The summed E-state index contributed by atoms with van der Waals surface area (Å²) in [6.07, 6.45) is -0.0960. The van der Waals surface area contributed by atoms with Crippen LogP contribution in [0.25, 0.3) is 11.4 Å². The first kappa shape index (κ1) is 23.5. The molecule has 0 unspecified atom stereocenters. The van der Waals surface area contributed by atoms with Gasteiger partial charge >= 0.3 is 6.09 Å². The van der Waals surface area contributed by atoms with Gasteiger partial charge in [0.2, 0.25) is 5.91 Å². The molecular formula is C25H25ClN4O4. The number of ether oxygens (including phenoxy) is 1. The third kappa shape index (κ3) is 5.12. The van der Waals surface area contributed by atoms with Gasteiger partial charge < -0.3 is 15.0 Å². The van der Waals surface area contributed by atoms with E-state index in [2.05, 4.69) is 5.32 Å². The Morgan fingerprint density at radius 2 is 1.94 bits per heavy atom. The van der Waals surface area contributed by atoms with Crippen LogP contribution in [0.1, 0.15) is 23.7 Å². The van der Waals surface area contributed by atoms with Crippen LogP contribution >= 0.6 is 11.6 Å². The number of amides is 2. The van der Waals surface area contributed by atoms with E-state index in [4.69, 9.17) is 21.3 Å². The lowest BCUT2D eigenvalue weighted by Gasteiger charge is -2.28. The van der Waals surface area contributed by atoms with Crippen LogP contribution in [0.3, 0.4) is 0 Å². The molecule has 0 saturated carbocycles. The lowest BCUT2D eigenvalue weighted by atomic mass is 10.1. The number of fused-ring (bicyclic) bond motifs is 1. The van der Waals surface area contributed by atoms with E-state index in [1.807, 2.05) is 31.2 Å².